The summed E-state index contributed by atoms with van der Waals surface area (Å²) in [6.07, 6.45) is 2.51. The summed E-state index contributed by atoms with van der Waals surface area (Å²) in [5.41, 5.74) is 13.6. The predicted molar refractivity (Wildman–Crippen MR) is 66.4 cm³/mol. The van der Waals surface area contributed by atoms with Gasteiger partial charge in [-0.2, -0.15) is 0 Å². The Bertz CT molecular complexity index is 679. The van der Waals surface area contributed by atoms with Crippen molar-refractivity contribution in [1.29, 1.82) is 5.53 Å². The molecule has 0 unspecified atom stereocenters. The molecule has 10 heteroatoms. The maximum Gasteiger partial charge on any atom is 0.214 e. The van der Waals surface area contributed by atoms with Gasteiger partial charge in [0.15, 0.2) is 17.5 Å². The van der Waals surface area contributed by atoms with Crippen molar-refractivity contribution in [2.24, 2.45) is 5.11 Å². The van der Waals surface area contributed by atoms with Crippen LogP contribution in [0.4, 0.5) is 5.82 Å². The number of anilines is 1. The molecule has 20 heavy (non-hydrogen) atoms. The maximum atomic E-state index is 9.28. The number of imidazole rings is 1. The van der Waals surface area contributed by atoms with Gasteiger partial charge in [0.2, 0.25) is 4.91 Å². The SMILES string of the molecule is N=[N+]=N[C@H]1C[C@H](n2cnc3c(N)ncnc32)O[C@@H]1CO. The topological polar surface area (TPSA) is 149 Å². The van der Waals surface area contributed by atoms with Crippen LogP contribution in [-0.2, 0) is 4.74 Å². The highest BCUT2D eigenvalue weighted by atomic mass is 16.5. The molecular weight excluding hydrogens is 264 g/mol. The highest BCUT2D eigenvalue weighted by Crippen LogP contribution is 2.32. The van der Waals surface area contributed by atoms with Crippen molar-refractivity contribution in [3.63, 3.8) is 0 Å². The number of aromatic nitrogens is 4. The number of nitrogens with two attached hydrogens (primary N) is 1. The molecule has 0 aliphatic carbocycles. The van der Waals surface area contributed by atoms with E-state index in [0.29, 0.717) is 23.4 Å². The number of nitrogens with zero attached hydrogens (tertiary/aromatic N) is 6. The first-order valence-corrected chi connectivity index (χ1v) is 6.00. The molecule has 10 nitrogen and oxygen atoms in total. The minimum Gasteiger partial charge on any atom is -0.394 e. The van der Waals surface area contributed by atoms with Crippen LogP contribution in [0.15, 0.2) is 17.8 Å². The smallest absolute Gasteiger partial charge is 0.214 e. The molecule has 4 N–H and O–H groups in total. The number of hydrogen-bond acceptors (Lipinski definition) is 8. The van der Waals surface area contributed by atoms with Crippen molar-refractivity contribution < 1.29 is 9.84 Å². The molecule has 0 radical (unpaired) electrons. The quantitative estimate of drug-likeness (QED) is 0.513. The van der Waals surface area contributed by atoms with E-state index in [0.717, 1.165) is 0 Å². The van der Waals surface area contributed by atoms with Crippen molar-refractivity contribution in [2.45, 2.75) is 24.8 Å². The Morgan fingerprint density at radius 1 is 1.55 bits per heavy atom. The van der Waals surface area contributed by atoms with Crippen molar-refractivity contribution in [3.8, 4) is 0 Å². The second-order valence-corrected chi connectivity index (χ2v) is 4.41. The number of rotatable bonds is 3. The van der Waals surface area contributed by atoms with Gasteiger partial charge in [0, 0.05) is 6.42 Å². The van der Waals surface area contributed by atoms with E-state index in [2.05, 4.69) is 25.0 Å². The van der Waals surface area contributed by atoms with Crippen LogP contribution >= 0.6 is 0 Å². The number of ether oxygens (including phenoxy) is 1. The molecule has 2 aromatic rings. The van der Waals surface area contributed by atoms with E-state index in [1.807, 2.05) is 0 Å². The number of nitrogen functional groups attached to an aromatic ring is 1. The summed E-state index contributed by atoms with van der Waals surface area (Å²) in [5.74, 6) is 0.299. The third-order valence-electron chi connectivity index (χ3n) is 3.29. The van der Waals surface area contributed by atoms with Gasteiger partial charge >= 0.3 is 0 Å². The molecule has 0 aromatic carbocycles. The molecule has 0 spiro atoms. The van der Waals surface area contributed by atoms with E-state index in [-0.39, 0.29) is 18.9 Å². The number of fused-ring (bicyclic) bond motifs is 1. The van der Waals surface area contributed by atoms with Gasteiger partial charge in [-0.15, -0.1) is 0 Å². The van der Waals surface area contributed by atoms with Gasteiger partial charge in [0.05, 0.1) is 12.9 Å². The molecule has 2 aromatic heterocycles. The van der Waals surface area contributed by atoms with Crippen LogP contribution < -0.4 is 10.6 Å². The molecule has 104 valence electrons. The third kappa shape index (κ3) is 1.92. The summed E-state index contributed by atoms with van der Waals surface area (Å²) in [6.45, 7) is -0.191. The van der Waals surface area contributed by atoms with Crippen molar-refractivity contribution in [1.82, 2.24) is 24.4 Å². The first-order valence-electron chi connectivity index (χ1n) is 6.00. The average Bonchev–Trinajstić information content (AvgIpc) is 3.03. The molecule has 1 aliphatic heterocycles. The second-order valence-electron chi connectivity index (χ2n) is 4.41. The first-order chi connectivity index (χ1) is 9.74. The summed E-state index contributed by atoms with van der Waals surface area (Å²) in [7, 11) is 0. The highest BCUT2D eigenvalue weighted by Gasteiger charge is 2.39. The van der Waals surface area contributed by atoms with Crippen LogP contribution in [0.5, 0.6) is 0 Å². The van der Waals surface area contributed by atoms with Crippen molar-refractivity contribution >= 4 is 17.0 Å². The fourth-order valence-electron chi connectivity index (χ4n) is 2.33. The zero-order valence-corrected chi connectivity index (χ0v) is 10.4. The first kappa shape index (κ1) is 12.6. The minimum absolute atomic E-state index is 0.191. The van der Waals surface area contributed by atoms with Crippen LogP contribution in [-0.4, -0.2) is 43.4 Å². The summed E-state index contributed by atoms with van der Waals surface area (Å²) in [4.78, 5) is 15.2. The van der Waals surface area contributed by atoms with Crippen molar-refractivity contribution in [3.05, 3.63) is 12.7 Å². The zero-order chi connectivity index (χ0) is 14.1. The molecule has 3 rings (SSSR count). The molecule has 1 aliphatic rings. The third-order valence-corrected chi connectivity index (χ3v) is 3.29. The lowest BCUT2D eigenvalue weighted by molar-refractivity contribution is -0.0236. The van der Waals surface area contributed by atoms with Crippen LogP contribution in [0.25, 0.3) is 11.2 Å². The van der Waals surface area contributed by atoms with Gasteiger partial charge in [0.1, 0.15) is 34.8 Å². The van der Waals surface area contributed by atoms with Crippen LogP contribution in [0.2, 0.25) is 0 Å². The zero-order valence-electron chi connectivity index (χ0n) is 10.4. The monoisotopic (exact) mass is 277 g/mol. The van der Waals surface area contributed by atoms with Crippen molar-refractivity contribution in [2.75, 3.05) is 12.3 Å². The molecule has 0 amide bonds. The van der Waals surface area contributed by atoms with Gasteiger partial charge in [-0.25, -0.2) is 15.0 Å². The van der Waals surface area contributed by atoms with E-state index in [1.165, 1.54) is 6.33 Å². The summed E-state index contributed by atoms with van der Waals surface area (Å²) in [5, 5.41) is 13.0. The molecule has 3 atom stereocenters. The number of aliphatic hydroxyl groups is 1. The van der Waals surface area contributed by atoms with E-state index in [9.17, 15) is 5.11 Å². The van der Waals surface area contributed by atoms with Gasteiger partial charge in [-0.3, -0.25) is 4.57 Å². The normalized spacial score (nSPS) is 25.8. The van der Waals surface area contributed by atoms with Gasteiger partial charge < -0.3 is 15.6 Å². The van der Waals surface area contributed by atoms with E-state index in [4.69, 9.17) is 16.0 Å². The summed E-state index contributed by atoms with van der Waals surface area (Å²) in [6, 6.07) is -0.362. The second kappa shape index (κ2) is 4.93. The number of aliphatic hydroxyl groups excluding tert-OH is 1. The Morgan fingerprint density at radius 3 is 3.15 bits per heavy atom. The molecule has 0 bridgehead atoms. The predicted octanol–water partition coefficient (Wildman–Crippen LogP) is -0.393. The van der Waals surface area contributed by atoms with E-state index < -0.39 is 6.10 Å². The Balaban J connectivity index is 1.96. The Morgan fingerprint density at radius 2 is 2.40 bits per heavy atom. The standard InChI is InChI=1S/C10H13N8O2/c11-9-8-10(14-3-13-9)18(4-15-8)7-1-5(16-17-12)6(2-19)20-7/h3-7,12,19H,1-2H2,(H2,11,13,14)/q+1/t5-,6+,7+/m0/s1. The lowest BCUT2D eigenvalue weighted by Crippen LogP contribution is -2.23. The van der Waals surface area contributed by atoms with Gasteiger partial charge in [-0.05, 0) is 0 Å². The molecule has 0 saturated carbocycles. The molecule has 3 heterocycles. The average molecular weight is 277 g/mol. The minimum atomic E-state index is -0.495. The fraction of sp³-hybridized carbons (Fsp3) is 0.500. The Hall–Kier alpha value is -2.42. The summed E-state index contributed by atoms with van der Waals surface area (Å²) >= 11 is 0. The Labute approximate surface area is 112 Å². The highest BCUT2D eigenvalue weighted by molar-refractivity contribution is 5.81. The lowest BCUT2D eigenvalue weighted by atomic mass is 10.1. The number of nitrogens with one attached hydrogen (secondary N) is 1. The van der Waals surface area contributed by atoms with Crippen LogP contribution in [0.1, 0.15) is 12.6 Å². The van der Waals surface area contributed by atoms with Crippen LogP contribution in [0, 0.1) is 5.53 Å². The molecule has 1 saturated heterocycles. The fourth-order valence-corrected chi connectivity index (χ4v) is 2.33. The largest absolute Gasteiger partial charge is 0.394 e. The van der Waals surface area contributed by atoms with Crippen LogP contribution in [0.3, 0.4) is 0 Å². The molecule has 1 fully saturated rings. The number of hydrogen-bond donors (Lipinski definition) is 3. The molecular formula is C10H13N8O2+. The Kier molecular flexibility index (Phi) is 3.11. The van der Waals surface area contributed by atoms with E-state index in [1.54, 1.807) is 10.9 Å². The van der Waals surface area contributed by atoms with Gasteiger partial charge in [0.25, 0.3) is 0 Å². The maximum absolute atomic E-state index is 9.28. The lowest BCUT2D eigenvalue weighted by Gasteiger charge is -2.13. The summed E-state index contributed by atoms with van der Waals surface area (Å²) < 4.78 is 7.42. The van der Waals surface area contributed by atoms with E-state index >= 15 is 0 Å². The van der Waals surface area contributed by atoms with Gasteiger partial charge in [-0.1, -0.05) is 0 Å².